The van der Waals surface area contributed by atoms with Gasteiger partial charge >= 0.3 is 0 Å². The fourth-order valence-corrected chi connectivity index (χ4v) is 2.83. The molecule has 0 radical (unpaired) electrons. The molecule has 0 fully saturated rings. The Balaban J connectivity index is 2.65. The second kappa shape index (κ2) is 9.14. The maximum Gasteiger partial charge on any atom is -0.00173 e. The Morgan fingerprint density at radius 1 is 1.00 bits per heavy atom. The molecule has 0 aliphatic heterocycles. The molecule has 1 aromatic carbocycles. The molecule has 1 atom stereocenters. The first-order valence-electron chi connectivity index (χ1n) is 7.96. The summed E-state index contributed by atoms with van der Waals surface area (Å²) in [6.07, 6.45) is 5.20. The van der Waals surface area contributed by atoms with Crippen molar-refractivity contribution in [3.05, 3.63) is 35.4 Å². The van der Waals surface area contributed by atoms with Crippen LogP contribution in [0.15, 0.2) is 24.3 Å². The van der Waals surface area contributed by atoms with E-state index in [4.69, 9.17) is 0 Å². The van der Waals surface area contributed by atoms with Gasteiger partial charge in [0.1, 0.15) is 0 Å². The molecule has 0 saturated carbocycles. The third kappa shape index (κ3) is 5.78. The van der Waals surface area contributed by atoms with Gasteiger partial charge in [0, 0.05) is 0 Å². The molecular formula is C18H31N. The molecular weight excluding hydrogens is 230 g/mol. The van der Waals surface area contributed by atoms with Crippen LogP contribution in [-0.4, -0.2) is 13.1 Å². The lowest BCUT2D eigenvalue weighted by atomic mass is 9.86. The van der Waals surface area contributed by atoms with Gasteiger partial charge in [0.05, 0.1) is 0 Å². The van der Waals surface area contributed by atoms with Gasteiger partial charge in [-0.05, 0) is 55.8 Å². The Morgan fingerprint density at radius 2 is 1.68 bits per heavy atom. The first kappa shape index (κ1) is 16.2. The quantitative estimate of drug-likeness (QED) is 0.685. The lowest BCUT2D eigenvalue weighted by molar-refractivity contribution is 0.339. The van der Waals surface area contributed by atoms with Gasteiger partial charge in [-0.1, -0.05) is 57.9 Å². The molecule has 1 unspecified atom stereocenters. The number of aryl methyl sites for hydroxylation is 1. The third-order valence-corrected chi connectivity index (χ3v) is 4.27. The zero-order chi connectivity index (χ0) is 14.1. The predicted octanol–water partition coefficient (Wildman–Crippen LogP) is 4.59. The lowest BCUT2D eigenvalue weighted by Crippen LogP contribution is -2.26. The number of hydrogen-bond donors (Lipinski definition) is 1. The Morgan fingerprint density at radius 3 is 2.26 bits per heavy atom. The van der Waals surface area contributed by atoms with E-state index in [-0.39, 0.29) is 0 Å². The van der Waals surface area contributed by atoms with Gasteiger partial charge in [-0.15, -0.1) is 0 Å². The Kier molecular flexibility index (Phi) is 7.81. The van der Waals surface area contributed by atoms with Gasteiger partial charge in [0.15, 0.2) is 0 Å². The van der Waals surface area contributed by atoms with Crippen molar-refractivity contribution < 1.29 is 0 Å². The molecule has 1 heteroatoms. The predicted molar refractivity (Wildman–Crippen MR) is 85.6 cm³/mol. The second-order valence-corrected chi connectivity index (χ2v) is 5.72. The molecule has 0 saturated heterocycles. The van der Waals surface area contributed by atoms with E-state index in [0.29, 0.717) is 0 Å². The fourth-order valence-electron chi connectivity index (χ4n) is 2.83. The standard InChI is InChI=1S/C18H31N/c1-5-16(6-2)12-17(14-19-7-3)13-18-11-9-8-10-15(18)4/h8-11,16-17,19H,5-7,12-14H2,1-4H3. The number of nitrogens with one attached hydrogen (secondary N) is 1. The van der Waals surface area contributed by atoms with Crippen molar-refractivity contribution in [2.45, 2.75) is 53.4 Å². The maximum absolute atomic E-state index is 3.54. The van der Waals surface area contributed by atoms with Crippen molar-refractivity contribution in [1.82, 2.24) is 5.32 Å². The molecule has 0 spiro atoms. The van der Waals surface area contributed by atoms with Crippen LogP contribution in [0.3, 0.4) is 0 Å². The second-order valence-electron chi connectivity index (χ2n) is 5.72. The highest BCUT2D eigenvalue weighted by Crippen LogP contribution is 2.23. The molecule has 1 nitrogen and oxygen atoms in total. The van der Waals surface area contributed by atoms with Crippen LogP contribution in [0.2, 0.25) is 0 Å². The molecule has 1 aromatic rings. The van der Waals surface area contributed by atoms with Gasteiger partial charge in [0.2, 0.25) is 0 Å². The first-order valence-corrected chi connectivity index (χ1v) is 7.96. The van der Waals surface area contributed by atoms with Crippen LogP contribution in [0.1, 0.15) is 51.2 Å². The normalized spacial score (nSPS) is 12.9. The molecule has 108 valence electrons. The Bertz CT molecular complexity index is 341. The maximum atomic E-state index is 3.54. The van der Waals surface area contributed by atoms with E-state index in [1.165, 1.54) is 36.8 Å². The average Bonchev–Trinajstić information content (AvgIpc) is 2.44. The van der Waals surface area contributed by atoms with E-state index in [9.17, 15) is 0 Å². The average molecular weight is 261 g/mol. The lowest BCUT2D eigenvalue weighted by Gasteiger charge is -2.23. The van der Waals surface area contributed by atoms with Crippen molar-refractivity contribution in [1.29, 1.82) is 0 Å². The fraction of sp³-hybridized carbons (Fsp3) is 0.667. The van der Waals surface area contributed by atoms with Gasteiger partial charge in [-0.2, -0.15) is 0 Å². The van der Waals surface area contributed by atoms with Crippen LogP contribution in [0.5, 0.6) is 0 Å². The summed E-state index contributed by atoms with van der Waals surface area (Å²) in [6.45, 7) is 11.3. The van der Waals surface area contributed by atoms with Crippen molar-refractivity contribution in [2.24, 2.45) is 11.8 Å². The van der Waals surface area contributed by atoms with E-state index in [0.717, 1.165) is 24.9 Å². The molecule has 1 N–H and O–H groups in total. The van der Waals surface area contributed by atoms with E-state index in [2.05, 4.69) is 57.3 Å². The Hall–Kier alpha value is -0.820. The highest BCUT2D eigenvalue weighted by Gasteiger charge is 2.15. The summed E-state index contributed by atoms with van der Waals surface area (Å²) in [7, 11) is 0. The van der Waals surface area contributed by atoms with Crippen molar-refractivity contribution in [2.75, 3.05) is 13.1 Å². The minimum Gasteiger partial charge on any atom is -0.317 e. The van der Waals surface area contributed by atoms with Crippen LogP contribution in [-0.2, 0) is 6.42 Å². The number of hydrogen-bond acceptors (Lipinski definition) is 1. The summed E-state index contributed by atoms with van der Waals surface area (Å²) in [5.74, 6) is 1.65. The van der Waals surface area contributed by atoms with Gasteiger partial charge in [-0.3, -0.25) is 0 Å². The van der Waals surface area contributed by atoms with Crippen molar-refractivity contribution >= 4 is 0 Å². The summed E-state index contributed by atoms with van der Waals surface area (Å²) in [4.78, 5) is 0. The molecule has 0 aliphatic rings. The number of benzene rings is 1. The smallest absolute Gasteiger partial charge is 0.00173 e. The topological polar surface area (TPSA) is 12.0 Å². The highest BCUT2D eigenvalue weighted by atomic mass is 14.8. The van der Waals surface area contributed by atoms with E-state index < -0.39 is 0 Å². The molecule has 19 heavy (non-hydrogen) atoms. The van der Waals surface area contributed by atoms with E-state index in [1.54, 1.807) is 0 Å². The summed E-state index contributed by atoms with van der Waals surface area (Å²) in [5, 5.41) is 3.54. The van der Waals surface area contributed by atoms with Crippen LogP contribution in [0.4, 0.5) is 0 Å². The van der Waals surface area contributed by atoms with Gasteiger partial charge < -0.3 is 5.32 Å². The third-order valence-electron chi connectivity index (χ3n) is 4.27. The summed E-state index contributed by atoms with van der Waals surface area (Å²) < 4.78 is 0. The minimum atomic E-state index is 0.769. The van der Waals surface area contributed by atoms with Crippen LogP contribution < -0.4 is 5.32 Å². The molecule has 1 rings (SSSR count). The van der Waals surface area contributed by atoms with Crippen molar-refractivity contribution in [3.8, 4) is 0 Å². The molecule has 0 heterocycles. The van der Waals surface area contributed by atoms with E-state index >= 15 is 0 Å². The summed E-state index contributed by atoms with van der Waals surface area (Å²) in [5.41, 5.74) is 2.96. The zero-order valence-corrected chi connectivity index (χ0v) is 13.2. The molecule has 0 amide bonds. The van der Waals surface area contributed by atoms with E-state index in [1.807, 2.05) is 0 Å². The van der Waals surface area contributed by atoms with Crippen LogP contribution in [0.25, 0.3) is 0 Å². The van der Waals surface area contributed by atoms with Gasteiger partial charge in [-0.25, -0.2) is 0 Å². The Labute approximate surface area is 119 Å². The van der Waals surface area contributed by atoms with Gasteiger partial charge in [0.25, 0.3) is 0 Å². The SMILES string of the molecule is CCNCC(Cc1ccccc1C)CC(CC)CC. The highest BCUT2D eigenvalue weighted by molar-refractivity contribution is 5.25. The van der Waals surface area contributed by atoms with Crippen LogP contribution in [0, 0.1) is 18.8 Å². The first-order chi connectivity index (χ1) is 9.21. The minimum absolute atomic E-state index is 0.769. The number of rotatable bonds is 9. The summed E-state index contributed by atoms with van der Waals surface area (Å²) >= 11 is 0. The molecule has 0 aliphatic carbocycles. The molecule has 0 aromatic heterocycles. The molecule has 0 bridgehead atoms. The zero-order valence-electron chi connectivity index (χ0n) is 13.2. The largest absolute Gasteiger partial charge is 0.317 e. The van der Waals surface area contributed by atoms with Crippen molar-refractivity contribution in [3.63, 3.8) is 0 Å². The summed E-state index contributed by atoms with van der Waals surface area (Å²) in [6, 6.07) is 8.83. The van der Waals surface area contributed by atoms with Crippen LogP contribution >= 0.6 is 0 Å². The monoisotopic (exact) mass is 261 g/mol.